The second-order valence-corrected chi connectivity index (χ2v) is 5.04. The third-order valence-electron chi connectivity index (χ3n) is 2.79. The molecule has 18 heavy (non-hydrogen) atoms. The Morgan fingerprint density at radius 1 is 1.33 bits per heavy atom. The normalized spacial score (nSPS) is 10.2. The summed E-state index contributed by atoms with van der Waals surface area (Å²) in [5.74, 6) is 0. The van der Waals surface area contributed by atoms with E-state index in [1.54, 1.807) is 11.3 Å². The smallest absolute Gasteiger partial charge is 0.0991 e. The molecule has 0 aliphatic heterocycles. The predicted octanol–water partition coefficient (Wildman–Crippen LogP) is 2.66. The van der Waals surface area contributed by atoms with E-state index < -0.39 is 0 Å². The zero-order chi connectivity index (χ0) is 12.8. The van der Waals surface area contributed by atoms with Gasteiger partial charge in [-0.05, 0) is 31.0 Å². The quantitative estimate of drug-likeness (QED) is 0.838. The summed E-state index contributed by atoms with van der Waals surface area (Å²) in [6.07, 6.45) is 1.02. The summed E-state index contributed by atoms with van der Waals surface area (Å²) in [6, 6.07) is 9.80. The molecule has 92 valence electrons. The Balaban J connectivity index is 1.75. The van der Waals surface area contributed by atoms with Crippen LogP contribution in [0, 0.1) is 18.3 Å². The second kappa shape index (κ2) is 6.29. The fraction of sp³-hybridized carbons (Fsp3) is 0.286. The van der Waals surface area contributed by atoms with Crippen LogP contribution in [0.25, 0.3) is 0 Å². The zero-order valence-electron chi connectivity index (χ0n) is 10.3. The third-order valence-corrected chi connectivity index (χ3v) is 3.78. The van der Waals surface area contributed by atoms with E-state index in [2.05, 4.69) is 16.4 Å². The van der Waals surface area contributed by atoms with Crippen molar-refractivity contribution in [2.45, 2.75) is 19.9 Å². The highest BCUT2D eigenvalue weighted by molar-refractivity contribution is 7.09. The van der Waals surface area contributed by atoms with Crippen LogP contribution in [0.15, 0.2) is 29.8 Å². The molecule has 2 aromatic rings. The molecule has 0 spiro atoms. The van der Waals surface area contributed by atoms with Crippen molar-refractivity contribution in [2.75, 3.05) is 6.54 Å². The summed E-state index contributed by atoms with van der Waals surface area (Å²) in [7, 11) is 0. The van der Waals surface area contributed by atoms with Crippen molar-refractivity contribution in [1.29, 1.82) is 5.26 Å². The van der Waals surface area contributed by atoms with Crippen molar-refractivity contribution in [3.8, 4) is 6.07 Å². The largest absolute Gasteiger partial charge is 0.312 e. The first-order valence-electron chi connectivity index (χ1n) is 5.88. The molecule has 0 radical (unpaired) electrons. The van der Waals surface area contributed by atoms with Gasteiger partial charge in [0.05, 0.1) is 22.8 Å². The van der Waals surface area contributed by atoms with Gasteiger partial charge in [0, 0.05) is 18.0 Å². The van der Waals surface area contributed by atoms with E-state index in [9.17, 15) is 0 Å². The van der Waals surface area contributed by atoms with Crippen LogP contribution in [-0.4, -0.2) is 11.5 Å². The molecule has 1 N–H and O–H groups in total. The van der Waals surface area contributed by atoms with Crippen LogP contribution in [0.1, 0.15) is 21.7 Å². The molecule has 1 aromatic carbocycles. The Kier molecular flexibility index (Phi) is 4.46. The summed E-state index contributed by atoms with van der Waals surface area (Å²) < 4.78 is 0. The summed E-state index contributed by atoms with van der Waals surface area (Å²) in [5, 5.41) is 12.1. The molecule has 0 saturated carbocycles. The first kappa shape index (κ1) is 12.7. The van der Waals surface area contributed by atoms with Gasteiger partial charge in [-0.15, -0.1) is 11.3 Å². The average molecular weight is 257 g/mol. The average Bonchev–Trinajstić information content (AvgIpc) is 2.81. The second-order valence-electron chi connectivity index (χ2n) is 4.10. The number of hydrogen-bond donors (Lipinski definition) is 1. The number of hydrogen-bond acceptors (Lipinski definition) is 4. The van der Waals surface area contributed by atoms with Gasteiger partial charge in [0.2, 0.25) is 0 Å². The maximum absolute atomic E-state index is 8.70. The van der Waals surface area contributed by atoms with Gasteiger partial charge in [-0.3, -0.25) is 0 Å². The number of aryl methyl sites for hydroxylation is 1. The molecule has 1 aromatic heterocycles. The molecular weight excluding hydrogens is 242 g/mol. The van der Waals surface area contributed by atoms with Crippen LogP contribution >= 0.6 is 11.3 Å². The summed E-state index contributed by atoms with van der Waals surface area (Å²) in [5.41, 5.74) is 4.94. The molecule has 0 atom stereocenters. The molecule has 0 amide bonds. The van der Waals surface area contributed by atoms with Crippen LogP contribution in [0.3, 0.4) is 0 Å². The highest BCUT2D eigenvalue weighted by atomic mass is 32.1. The zero-order valence-corrected chi connectivity index (χ0v) is 11.1. The highest BCUT2D eigenvalue weighted by Gasteiger charge is 2.00. The summed E-state index contributed by atoms with van der Waals surface area (Å²) >= 11 is 1.71. The standard InChI is InChI=1S/C14H15N3S/c1-11-14(18-10-17-11)6-7-16-9-13-4-2-12(8-15)3-5-13/h2-5,10,16H,6-7,9H2,1H3. The van der Waals surface area contributed by atoms with Crippen LogP contribution in [0.4, 0.5) is 0 Å². The lowest BCUT2D eigenvalue weighted by Gasteiger charge is -2.04. The van der Waals surface area contributed by atoms with Gasteiger partial charge in [0.15, 0.2) is 0 Å². The molecule has 1 heterocycles. The minimum atomic E-state index is 0.707. The number of aromatic nitrogens is 1. The van der Waals surface area contributed by atoms with E-state index >= 15 is 0 Å². The molecule has 3 nitrogen and oxygen atoms in total. The Morgan fingerprint density at radius 3 is 2.72 bits per heavy atom. The van der Waals surface area contributed by atoms with Gasteiger partial charge in [-0.1, -0.05) is 12.1 Å². The number of thiazole rings is 1. The Morgan fingerprint density at radius 2 is 2.11 bits per heavy atom. The first-order chi connectivity index (χ1) is 8.79. The van der Waals surface area contributed by atoms with E-state index in [0.29, 0.717) is 5.56 Å². The molecular formula is C14H15N3S. The summed E-state index contributed by atoms with van der Waals surface area (Å²) in [4.78, 5) is 5.58. The van der Waals surface area contributed by atoms with Gasteiger partial charge >= 0.3 is 0 Å². The molecule has 2 rings (SSSR count). The predicted molar refractivity (Wildman–Crippen MR) is 73.4 cm³/mol. The van der Waals surface area contributed by atoms with Crippen molar-refractivity contribution in [3.63, 3.8) is 0 Å². The maximum Gasteiger partial charge on any atom is 0.0991 e. The molecule has 0 saturated heterocycles. The lowest BCUT2D eigenvalue weighted by molar-refractivity contribution is 0.689. The number of nitrogens with one attached hydrogen (secondary N) is 1. The van der Waals surface area contributed by atoms with Gasteiger partial charge in [0.1, 0.15) is 0 Å². The van der Waals surface area contributed by atoms with Gasteiger partial charge in [0.25, 0.3) is 0 Å². The SMILES string of the molecule is Cc1ncsc1CCNCc1ccc(C#N)cc1. The molecule has 0 bridgehead atoms. The number of nitrogens with zero attached hydrogens (tertiary/aromatic N) is 2. The Labute approximate surface area is 111 Å². The van der Waals surface area contributed by atoms with E-state index in [-0.39, 0.29) is 0 Å². The number of benzene rings is 1. The lowest BCUT2D eigenvalue weighted by Crippen LogP contribution is -2.16. The minimum Gasteiger partial charge on any atom is -0.312 e. The fourth-order valence-electron chi connectivity index (χ4n) is 1.70. The number of rotatable bonds is 5. The molecule has 4 heteroatoms. The van der Waals surface area contributed by atoms with Crippen LogP contribution < -0.4 is 5.32 Å². The Hall–Kier alpha value is -1.70. The van der Waals surface area contributed by atoms with Crippen molar-refractivity contribution in [2.24, 2.45) is 0 Å². The monoisotopic (exact) mass is 257 g/mol. The van der Waals surface area contributed by atoms with Crippen molar-refractivity contribution in [1.82, 2.24) is 10.3 Å². The summed E-state index contributed by atoms with van der Waals surface area (Å²) in [6.45, 7) is 3.83. The van der Waals surface area contributed by atoms with E-state index in [0.717, 1.165) is 25.2 Å². The van der Waals surface area contributed by atoms with Crippen LogP contribution in [0.2, 0.25) is 0 Å². The maximum atomic E-state index is 8.70. The lowest BCUT2D eigenvalue weighted by atomic mass is 10.1. The van der Waals surface area contributed by atoms with E-state index in [1.807, 2.05) is 36.7 Å². The van der Waals surface area contributed by atoms with E-state index in [4.69, 9.17) is 5.26 Å². The topological polar surface area (TPSA) is 48.7 Å². The molecule has 0 fully saturated rings. The fourth-order valence-corrected chi connectivity index (χ4v) is 2.48. The van der Waals surface area contributed by atoms with Crippen LogP contribution in [-0.2, 0) is 13.0 Å². The van der Waals surface area contributed by atoms with Gasteiger partial charge < -0.3 is 5.32 Å². The van der Waals surface area contributed by atoms with Gasteiger partial charge in [-0.25, -0.2) is 4.98 Å². The van der Waals surface area contributed by atoms with Crippen molar-refractivity contribution >= 4 is 11.3 Å². The number of nitriles is 1. The van der Waals surface area contributed by atoms with Crippen molar-refractivity contribution in [3.05, 3.63) is 51.5 Å². The van der Waals surface area contributed by atoms with Crippen LogP contribution in [0.5, 0.6) is 0 Å². The first-order valence-corrected chi connectivity index (χ1v) is 6.76. The highest BCUT2D eigenvalue weighted by Crippen LogP contribution is 2.12. The molecule has 0 unspecified atom stereocenters. The molecule has 0 aliphatic carbocycles. The van der Waals surface area contributed by atoms with Crippen molar-refractivity contribution < 1.29 is 0 Å². The van der Waals surface area contributed by atoms with E-state index in [1.165, 1.54) is 10.4 Å². The minimum absolute atomic E-state index is 0.707. The Bertz CT molecular complexity index is 537. The molecule has 0 aliphatic rings. The van der Waals surface area contributed by atoms with Gasteiger partial charge in [-0.2, -0.15) is 5.26 Å². The third kappa shape index (κ3) is 3.39.